The van der Waals surface area contributed by atoms with Crippen LogP contribution in [0.5, 0.6) is 0 Å². The Morgan fingerprint density at radius 1 is 1.33 bits per heavy atom. The second-order valence-corrected chi connectivity index (χ2v) is 7.32. The number of nitrogens with one attached hydrogen (secondary N) is 1. The van der Waals surface area contributed by atoms with Crippen LogP contribution in [0.15, 0.2) is 34.5 Å². The van der Waals surface area contributed by atoms with Gasteiger partial charge in [0.25, 0.3) is 0 Å². The third kappa shape index (κ3) is 3.78. The van der Waals surface area contributed by atoms with E-state index in [1.165, 1.54) is 11.3 Å². The number of anilines is 1. The number of sulfonamides is 1. The van der Waals surface area contributed by atoms with Gasteiger partial charge in [0.2, 0.25) is 10.0 Å². The Morgan fingerprint density at radius 3 is 2.67 bits per heavy atom. The van der Waals surface area contributed by atoms with Crippen molar-refractivity contribution in [1.29, 1.82) is 0 Å². The number of hydrogen-bond donors (Lipinski definition) is 2. The van der Waals surface area contributed by atoms with E-state index < -0.39 is 38.3 Å². The molecule has 0 aliphatic heterocycles. The predicted octanol–water partition coefficient (Wildman–Crippen LogP) is 2.52. The lowest BCUT2D eigenvalue weighted by atomic mass is 10.2. The Hall–Kier alpha value is -1.51. The number of hydrogen-bond acceptors (Lipinski definition) is 4. The smallest absolute Gasteiger partial charge is 0.243 e. The van der Waals surface area contributed by atoms with Gasteiger partial charge in [-0.15, -0.1) is 11.3 Å². The van der Waals surface area contributed by atoms with Crippen LogP contribution in [0.4, 0.5) is 14.5 Å². The van der Waals surface area contributed by atoms with Gasteiger partial charge in [-0.05, 0) is 30.9 Å². The first kappa shape index (κ1) is 15.9. The van der Waals surface area contributed by atoms with Gasteiger partial charge in [-0.1, -0.05) is 6.07 Å². The zero-order valence-electron chi connectivity index (χ0n) is 11.1. The van der Waals surface area contributed by atoms with Crippen molar-refractivity contribution in [3.8, 4) is 0 Å². The molecule has 3 N–H and O–H groups in total. The Balaban J connectivity index is 2.20. The summed E-state index contributed by atoms with van der Waals surface area (Å²) in [5.74, 6) is -2.16. The van der Waals surface area contributed by atoms with E-state index in [1.54, 1.807) is 6.92 Å². The van der Waals surface area contributed by atoms with Crippen LogP contribution in [-0.2, 0) is 16.4 Å². The molecule has 2 aromatic rings. The van der Waals surface area contributed by atoms with Crippen LogP contribution in [0.1, 0.15) is 11.8 Å². The molecule has 21 heavy (non-hydrogen) atoms. The quantitative estimate of drug-likeness (QED) is 0.827. The first-order valence-corrected chi connectivity index (χ1v) is 8.45. The van der Waals surface area contributed by atoms with Crippen LogP contribution in [0.2, 0.25) is 0 Å². The molecule has 0 spiro atoms. The fraction of sp³-hybridized carbons (Fsp3) is 0.231. The summed E-state index contributed by atoms with van der Waals surface area (Å²) in [6.07, 6.45) is 0.481. The van der Waals surface area contributed by atoms with Gasteiger partial charge in [0, 0.05) is 17.0 Å². The molecule has 0 saturated heterocycles. The number of rotatable bonds is 5. The minimum atomic E-state index is -4.10. The molecule has 114 valence electrons. The van der Waals surface area contributed by atoms with E-state index in [2.05, 4.69) is 4.72 Å². The van der Waals surface area contributed by atoms with Crippen molar-refractivity contribution in [2.45, 2.75) is 24.3 Å². The molecule has 4 nitrogen and oxygen atoms in total. The van der Waals surface area contributed by atoms with Crippen molar-refractivity contribution in [3.05, 3.63) is 46.2 Å². The first-order valence-electron chi connectivity index (χ1n) is 6.09. The lowest BCUT2D eigenvalue weighted by molar-refractivity contribution is 0.535. The molecule has 0 aliphatic carbocycles. The van der Waals surface area contributed by atoms with E-state index in [-0.39, 0.29) is 0 Å². The van der Waals surface area contributed by atoms with Crippen LogP contribution in [0, 0.1) is 11.6 Å². The zero-order chi connectivity index (χ0) is 15.6. The molecule has 0 aliphatic rings. The van der Waals surface area contributed by atoms with Crippen molar-refractivity contribution in [3.63, 3.8) is 0 Å². The van der Waals surface area contributed by atoms with E-state index in [1.807, 2.05) is 17.5 Å². The molecule has 0 saturated carbocycles. The standard InChI is InChI=1S/C13H14F2N2O2S2/c1-8(5-9-3-2-4-20-9)17-21(18,19)13-7-12(16)10(14)6-11(13)15/h2-4,6-8,17H,5,16H2,1H3. The fourth-order valence-electron chi connectivity index (χ4n) is 1.85. The summed E-state index contributed by atoms with van der Waals surface area (Å²) in [6.45, 7) is 1.67. The van der Waals surface area contributed by atoms with Gasteiger partial charge in [-0.2, -0.15) is 0 Å². The number of nitrogen functional groups attached to an aromatic ring is 1. The highest BCUT2D eigenvalue weighted by Crippen LogP contribution is 2.21. The summed E-state index contributed by atoms with van der Waals surface area (Å²) in [6, 6.07) is 4.56. The molecule has 1 heterocycles. The van der Waals surface area contributed by atoms with Crippen molar-refractivity contribution in [1.82, 2.24) is 4.72 Å². The molecule has 1 aromatic carbocycles. The maximum atomic E-state index is 13.6. The van der Waals surface area contributed by atoms with E-state index in [4.69, 9.17) is 5.73 Å². The summed E-state index contributed by atoms with van der Waals surface area (Å²) in [7, 11) is -4.10. The van der Waals surface area contributed by atoms with Gasteiger partial charge in [-0.3, -0.25) is 0 Å². The summed E-state index contributed by atoms with van der Waals surface area (Å²) >= 11 is 1.50. The monoisotopic (exact) mass is 332 g/mol. The first-order chi connectivity index (χ1) is 9.79. The van der Waals surface area contributed by atoms with Crippen LogP contribution in [0.25, 0.3) is 0 Å². The highest BCUT2D eigenvalue weighted by Gasteiger charge is 2.23. The summed E-state index contributed by atoms with van der Waals surface area (Å²) in [4.78, 5) is 0.351. The van der Waals surface area contributed by atoms with Gasteiger partial charge in [-0.25, -0.2) is 21.9 Å². The topological polar surface area (TPSA) is 72.2 Å². The molecular formula is C13H14F2N2O2S2. The second kappa shape index (κ2) is 6.08. The minimum Gasteiger partial charge on any atom is -0.396 e. The summed E-state index contributed by atoms with van der Waals surface area (Å²) in [5, 5.41) is 1.89. The largest absolute Gasteiger partial charge is 0.396 e. The second-order valence-electron chi connectivity index (χ2n) is 4.61. The maximum absolute atomic E-state index is 13.6. The molecule has 0 amide bonds. The molecule has 1 unspecified atom stereocenters. The summed E-state index contributed by atoms with van der Waals surface area (Å²) < 4.78 is 53.3. The zero-order valence-corrected chi connectivity index (χ0v) is 12.8. The van der Waals surface area contributed by atoms with E-state index in [9.17, 15) is 17.2 Å². The van der Waals surface area contributed by atoms with E-state index in [0.717, 1.165) is 10.9 Å². The average Bonchev–Trinajstić information content (AvgIpc) is 2.85. The van der Waals surface area contributed by atoms with Gasteiger partial charge < -0.3 is 5.73 Å². The van der Waals surface area contributed by atoms with Crippen LogP contribution >= 0.6 is 11.3 Å². The lowest BCUT2D eigenvalue weighted by Gasteiger charge is -2.14. The molecule has 8 heteroatoms. The predicted molar refractivity (Wildman–Crippen MR) is 78.6 cm³/mol. The third-order valence-electron chi connectivity index (χ3n) is 2.78. The number of nitrogens with two attached hydrogens (primary N) is 1. The average molecular weight is 332 g/mol. The van der Waals surface area contributed by atoms with Crippen LogP contribution < -0.4 is 10.5 Å². The van der Waals surface area contributed by atoms with Gasteiger partial charge in [0.05, 0.1) is 5.69 Å². The minimum absolute atomic E-state index is 0.414. The molecule has 2 rings (SSSR count). The van der Waals surface area contributed by atoms with Gasteiger partial charge in [0.1, 0.15) is 16.5 Å². The maximum Gasteiger partial charge on any atom is 0.243 e. The lowest BCUT2D eigenvalue weighted by Crippen LogP contribution is -2.34. The van der Waals surface area contributed by atoms with Crippen molar-refractivity contribution < 1.29 is 17.2 Å². The fourth-order valence-corrected chi connectivity index (χ4v) is 4.02. The number of thiophene rings is 1. The van der Waals surface area contributed by atoms with E-state index >= 15 is 0 Å². The Morgan fingerprint density at radius 2 is 2.05 bits per heavy atom. The number of halogens is 2. The highest BCUT2D eigenvalue weighted by molar-refractivity contribution is 7.89. The SMILES string of the molecule is CC(Cc1cccs1)NS(=O)(=O)c1cc(N)c(F)cc1F. The Bertz CT molecular complexity index is 731. The number of benzene rings is 1. The molecule has 0 bridgehead atoms. The summed E-state index contributed by atoms with van der Waals surface area (Å²) in [5.41, 5.74) is 4.88. The molecule has 0 fully saturated rings. The normalized spacial score (nSPS) is 13.3. The van der Waals surface area contributed by atoms with Gasteiger partial charge in [0.15, 0.2) is 0 Å². The van der Waals surface area contributed by atoms with Gasteiger partial charge >= 0.3 is 0 Å². The van der Waals surface area contributed by atoms with Crippen LogP contribution in [0.3, 0.4) is 0 Å². The van der Waals surface area contributed by atoms with Crippen LogP contribution in [-0.4, -0.2) is 14.5 Å². The third-order valence-corrected chi connectivity index (χ3v) is 5.29. The molecule has 0 radical (unpaired) electrons. The van der Waals surface area contributed by atoms with Crippen molar-refractivity contribution >= 4 is 27.0 Å². The molecule has 1 aromatic heterocycles. The molecule has 1 atom stereocenters. The van der Waals surface area contributed by atoms with Crippen molar-refractivity contribution in [2.75, 3.05) is 5.73 Å². The highest BCUT2D eigenvalue weighted by atomic mass is 32.2. The van der Waals surface area contributed by atoms with E-state index in [0.29, 0.717) is 12.5 Å². The Kier molecular flexibility index (Phi) is 4.60. The Labute approximate surface area is 125 Å². The molecular weight excluding hydrogens is 318 g/mol. The van der Waals surface area contributed by atoms with Crippen molar-refractivity contribution in [2.24, 2.45) is 0 Å².